The van der Waals surface area contributed by atoms with E-state index in [1.165, 1.54) is 0 Å². The van der Waals surface area contributed by atoms with Crippen molar-refractivity contribution in [2.24, 2.45) is 11.7 Å². The largest absolute Gasteiger partial charge is 0.326 e. The molecule has 1 unspecified atom stereocenters. The van der Waals surface area contributed by atoms with Crippen molar-refractivity contribution < 1.29 is 8.42 Å². The molecule has 1 saturated heterocycles. The van der Waals surface area contributed by atoms with E-state index >= 15 is 0 Å². The van der Waals surface area contributed by atoms with Crippen LogP contribution in [-0.2, 0) is 16.6 Å². The Labute approximate surface area is 126 Å². The molecule has 6 heteroatoms. The van der Waals surface area contributed by atoms with E-state index < -0.39 is 10.0 Å². The van der Waals surface area contributed by atoms with Crippen LogP contribution in [0.25, 0.3) is 0 Å². The predicted octanol–water partition coefficient (Wildman–Crippen LogP) is 2.61. The molecule has 2 rings (SSSR count). The molecule has 112 valence electrons. The van der Waals surface area contributed by atoms with Gasteiger partial charge in [0.1, 0.15) is 4.90 Å². The summed E-state index contributed by atoms with van der Waals surface area (Å²) in [4.78, 5) is 0.176. The lowest BCUT2D eigenvalue weighted by atomic mass is 10.0. The fourth-order valence-electron chi connectivity index (χ4n) is 2.73. The molecule has 1 aromatic carbocycles. The van der Waals surface area contributed by atoms with Crippen LogP contribution in [0.3, 0.4) is 0 Å². The SMILES string of the molecule is CC(C)C1CCCN1S(=O)(=O)c1cc(CN)ccc1Cl. The van der Waals surface area contributed by atoms with Crippen LogP contribution in [0.2, 0.25) is 5.02 Å². The summed E-state index contributed by atoms with van der Waals surface area (Å²) in [5, 5.41) is 0.261. The van der Waals surface area contributed by atoms with Gasteiger partial charge in [0.05, 0.1) is 5.02 Å². The summed E-state index contributed by atoms with van der Waals surface area (Å²) in [5.41, 5.74) is 6.36. The first-order chi connectivity index (χ1) is 9.37. The van der Waals surface area contributed by atoms with Gasteiger partial charge in [0.2, 0.25) is 10.0 Å². The molecule has 1 atom stereocenters. The van der Waals surface area contributed by atoms with Crippen molar-refractivity contribution in [3.63, 3.8) is 0 Å². The van der Waals surface area contributed by atoms with Gasteiger partial charge < -0.3 is 5.73 Å². The fraction of sp³-hybridized carbons (Fsp3) is 0.571. The van der Waals surface area contributed by atoms with Crippen molar-refractivity contribution in [1.82, 2.24) is 4.31 Å². The first kappa shape index (κ1) is 15.8. The molecule has 1 aromatic rings. The van der Waals surface area contributed by atoms with Crippen molar-refractivity contribution in [2.45, 2.75) is 44.2 Å². The molecule has 20 heavy (non-hydrogen) atoms. The molecule has 0 bridgehead atoms. The summed E-state index contributed by atoms with van der Waals surface area (Å²) in [6.45, 7) is 4.97. The summed E-state index contributed by atoms with van der Waals surface area (Å²) >= 11 is 6.10. The van der Waals surface area contributed by atoms with Gasteiger partial charge in [-0.05, 0) is 36.5 Å². The van der Waals surface area contributed by atoms with Gasteiger partial charge in [-0.1, -0.05) is 31.5 Å². The third-order valence-electron chi connectivity index (χ3n) is 3.84. The second kappa shape index (κ2) is 6.02. The van der Waals surface area contributed by atoms with E-state index in [0.29, 0.717) is 19.0 Å². The van der Waals surface area contributed by atoms with Crippen molar-refractivity contribution >= 4 is 21.6 Å². The predicted molar refractivity (Wildman–Crippen MR) is 81.1 cm³/mol. The summed E-state index contributed by atoms with van der Waals surface area (Å²) in [6.07, 6.45) is 1.81. The number of benzene rings is 1. The Hall–Kier alpha value is -0.620. The highest BCUT2D eigenvalue weighted by molar-refractivity contribution is 7.89. The number of nitrogens with two attached hydrogens (primary N) is 1. The minimum atomic E-state index is -3.55. The second-order valence-corrected chi connectivity index (χ2v) is 7.80. The van der Waals surface area contributed by atoms with Crippen LogP contribution in [0.4, 0.5) is 0 Å². The maximum atomic E-state index is 12.8. The zero-order valence-corrected chi connectivity index (χ0v) is 13.4. The molecule has 4 nitrogen and oxygen atoms in total. The Bertz CT molecular complexity index is 587. The number of hydrogen-bond donors (Lipinski definition) is 1. The van der Waals surface area contributed by atoms with Crippen LogP contribution in [0, 0.1) is 5.92 Å². The molecule has 1 aliphatic rings. The number of sulfonamides is 1. The van der Waals surface area contributed by atoms with E-state index in [4.69, 9.17) is 17.3 Å². The number of hydrogen-bond acceptors (Lipinski definition) is 3. The molecule has 0 radical (unpaired) electrons. The molecule has 1 fully saturated rings. The van der Waals surface area contributed by atoms with Gasteiger partial charge in [0, 0.05) is 19.1 Å². The molecule has 1 aliphatic heterocycles. The highest BCUT2D eigenvalue weighted by Gasteiger charge is 2.37. The standard InChI is InChI=1S/C14H21ClN2O2S/c1-10(2)13-4-3-7-17(13)20(18,19)14-8-11(9-16)5-6-12(14)15/h5-6,8,10,13H,3-4,7,9,16H2,1-2H3. The summed E-state index contributed by atoms with van der Waals surface area (Å²) < 4.78 is 27.3. The average molecular weight is 317 g/mol. The third kappa shape index (κ3) is 2.86. The number of rotatable bonds is 4. The normalized spacial score (nSPS) is 20.8. The Morgan fingerprint density at radius 2 is 2.15 bits per heavy atom. The quantitative estimate of drug-likeness (QED) is 0.928. The molecule has 0 aliphatic carbocycles. The van der Waals surface area contributed by atoms with Gasteiger partial charge >= 0.3 is 0 Å². The smallest absolute Gasteiger partial charge is 0.244 e. The summed E-state index contributed by atoms with van der Waals surface area (Å²) in [6, 6.07) is 5.01. The highest BCUT2D eigenvalue weighted by atomic mass is 35.5. The summed E-state index contributed by atoms with van der Waals surface area (Å²) in [5.74, 6) is 0.295. The van der Waals surface area contributed by atoms with E-state index in [2.05, 4.69) is 13.8 Å². The topological polar surface area (TPSA) is 63.4 Å². The monoisotopic (exact) mass is 316 g/mol. The van der Waals surface area contributed by atoms with E-state index in [1.807, 2.05) is 0 Å². The third-order valence-corrected chi connectivity index (χ3v) is 6.24. The van der Waals surface area contributed by atoms with Crippen LogP contribution in [0.5, 0.6) is 0 Å². The van der Waals surface area contributed by atoms with Crippen LogP contribution >= 0.6 is 11.6 Å². The lowest BCUT2D eigenvalue weighted by Gasteiger charge is -2.27. The van der Waals surface area contributed by atoms with Gasteiger partial charge in [-0.15, -0.1) is 0 Å². The van der Waals surface area contributed by atoms with E-state index in [-0.39, 0.29) is 16.0 Å². The highest BCUT2D eigenvalue weighted by Crippen LogP contribution is 2.33. The molecule has 0 aromatic heterocycles. The van der Waals surface area contributed by atoms with Gasteiger partial charge in [-0.25, -0.2) is 8.42 Å². The van der Waals surface area contributed by atoms with Gasteiger partial charge in [0.15, 0.2) is 0 Å². The molecule has 0 spiro atoms. The Morgan fingerprint density at radius 3 is 2.75 bits per heavy atom. The van der Waals surface area contributed by atoms with Crippen LogP contribution < -0.4 is 5.73 Å². The first-order valence-electron chi connectivity index (χ1n) is 6.88. The minimum absolute atomic E-state index is 0.0533. The Balaban J connectivity index is 2.44. The van der Waals surface area contributed by atoms with Crippen LogP contribution in [-0.4, -0.2) is 25.3 Å². The van der Waals surface area contributed by atoms with Crippen molar-refractivity contribution in [2.75, 3.05) is 6.54 Å². The van der Waals surface area contributed by atoms with Gasteiger partial charge in [-0.2, -0.15) is 4.31 Å². The average Bonchev–Trinajstić information content (AvgIpc) is 2.89. The molecular weight excluding hydrogens is 296 g/mol. The minimum Gasteiger partial charge on any atom is -0.326 e. The van der Waals surface area contributed by atoms with E-state index in [1.54, 1.807) is 22.5 Å². The lowest BCUT2D eigenvalue weighted by Crippen LogP contribution is -2.38. The maximum Gasteiger partial charge on any atom is 0.244 e. The molecule has 2 N–H and O–H groups in total. The lowest BCUT2D eigenvalue weighted by molar-refractivity contribution is 0.316. The van der Waals surface area contributed by atoms with Crippen molar-refractivity contribution in [1.29, 1.82) is 0 Å². The van der Waals surface area contributed by atoms with Crippen molar-refractivity contribution in [3.8, 4) is 0 Å². The number of nitrogens with zero attached hydrogens (tertiary/aromatic N) is 1. The van der Waals surface area contributed by atoms with Gasteiger partial charge in [-0.3, -0.25) is 0 Å². The van der Waals surface area contributed by atoms with E-state index in [9.17, 15) is 8.42 Å². The first-order valence-corrected chi connectivity index (χ1v) is 8.70. The molecule has 0 amide bonds. The summed E-state index contributed by atoms with van der Waals surface area (Å²) in [7, 11) is -3.55. The van der Waals surface area contributed by atoms with E-state index in [0.717, 1.165) is 18.4 Å². The zero-order valence-electron chi connectivity index (χ0n) is 11.8. The maximum absolute atomic E-state index is 12.8. The number of halogens is 1. The van der Waals surface area contributed by atoms with Crippen LogP contribution in [0.1, 0.15) is 32.3 Å². The zero-order chi connectivity index (χ0) is 14.9. The van der Waals surface area contributed by atoms with Crippen molar-refractivity contribution in [3.05, 3.63) is 28.8 Å². The molecule has 0 saturated carbocycles. The Kier molecular flexibility index (Phi) is 4.74. The molecular formula is C14H21ClN2O2S. The molecule has 1 heterocycles. The fourth-order valence-corrected chi connectivity index (χ4v) is 5.08. The second-order valence-electron chi connectivity index (χ2n) is 5.54. The Morgan fingerprint density at radius 1 is 1.45 bits per heavy atom. The van der Waals surface area contributed by atoms with Gasteiger partial charge in [0.25, 0.3) is 0 Å². The van der Waals surface area contributed by atoms with Crippen LogP contribution in [0.15, 0.2) is 23.1 Å².